The van der Waals surface area contributed by atoms with Crippen LogP contribution in [-0.4, -0.2) is 29.2 Å². The molecule has 0 bridgehead atoms. The Morgan fingerprint density at radius 1 is 1.10 bits per heavy atom. The molecule has 0 aliphatic carbocycles. The van der Waals surface area contributed by atoms with Gasteiger partial charge in [0.05, 0.1) is 28.7 Å². The first kappa shape index (κ1) is 28.5. The summed E-state index contributed by atoms with van der Waals surface area (Å²) in [7, 11) is 1.55. The van der Waals surface area contributed by atoms with Crippen molar-refractivity contribution in [1.82, 2.24) is 4.57 Å². The van der Waals surface area contributed by atoms with Gasteiger partial charge in [-0.1, -0.05) is 59.9 Å². The number of carbonyl (C=O) groups is 1. The molecule has 0 fully saturated rings. The highest BCUT2D eigenvalue weighted by Gasteiger charge is 2.32. The van der Waals surface area contributed by atoms with Gasteiger partial charge in [0.25, 0.3) is 11.2 Å². The maximum Gasteiger partial charge on any atom is 0.338 e. The molecule has 214 valence electrons. The van der Waals surface area contributed by atoms with Crippen LogP contribution in [0.15, 0.2) is 88.2 Å². The SMILES string of the molecule is CCOC(=O)C1=C(C)n2c(s/c(=C\c3ccc(OCc4ccccc4)c(OC)c3)c2=O)=N[C@@H]1c1cccc([N+](=O)[O-])c1. The number of hydrogen-bond donors (Lipinski definition) is 0. The number of benzene rings is 3. The number of ether oxygens (including phenoxy) is 3. The summed E-state index contributed by atoms with van der Waals surface area (Å²) in [5, 5.41) is 11.4. The van der Waals surface area contributed by atoms with Gasteiger partial charge in [-0.15, -0.1) is 0 Å². The van der Waals surface area contributed by atoms with Crippen molar-refractivity contribution in [2.45, 2.75) is 26.5 Å². The molecule has 1 atom stereocenters. The molecule has 2 heterocycles. The quantitative estimate of drug-likeness (QED) is 0.162. The Morgan fingerprint density at radius 2 is 1.88 bits per heavy atom. The van der Waals surface area contributed by atoms with Gasteiger partial charge in [-0.2, -0.15) is 0 Å². The number of nitro groups is 1. The summed E-state index contributed by atoms with van der Waals surface area (Å²) in [5.41, 5.74) is 2.20. The van der Waals surface area contributed by atoms with Gasteiger partial charge in [0.15, 0.2) is 16.3 Å². The zero-order valence-corrected chi connectivity index (χ0v) is 23.9. The van der Waals surface area contributed by atoms with E-state index in [4.69, 9.17) is 19.2 Å². The number of aromatic nitrogens is 1. The Bertz CT molecular complexity index is 1880. The number of nitrogens with zero attached hydrogens (tertiary/aromatic N) is 3. The molecule has 42 heavy (non-hydrogen) atoms. The minimum atomic E-state index is -0.879. The van der Waals surface area contributed by atoms with Crippen LogP contribution in [0.25, 0.3) is 11.8 Å². The molecule has 1 aliphatic rings. The lowest BCUT2D eigenvalue weighted by atomic mass is 9.96. The van der Waals surface area contributed by atoms with Crippen LogP contribution in [0.5, 0.6) is 11.5 Å². The maximum absolute atomic E-state index is 13.6. The smallest absolute Gasteiger partial charge is 0.338 e. The average molecular weight is 586 g/mol. The molecule has 3 aromatic carbocycles. The summed E-state index contributed by atoms with van der Waals surface area (Å²) < 4.78 is 18.5. The highest BCUT2D eigenvalue weighted by atomic mass is 32.1. The Balaban J connectivity index is 1.57. The van der Waals surface area contributed by atoms with Gasteiger partial charge in [0.1, 0.15) is 12.6 Å². The number of non-ortho nitro benzene ring substituents is 1. The fourth-order valence-electron chi connectivity index (χ4n) is 4.65. The predicted octanol–water partition coefficient (Wildman–Crippen LogP) is 4.40. The number of methoxy groups -OCH3 is 1. The largest absolute Gasteiger partial charge is 0.493 e. The second-order valence-corrected chi connectivity index (χ2v) is 10.3. The number of rotatable bonds is 9. The van der Waals surface area contributed by atoms with Gasteiger partial charge in [0.2, 0.25) is 0 Å². The molecule has 0 amide bonds. The zero-order chi connectivity index (χ0) is 29.8. The third-order valence-corrected chi connectivity index (χ3v) is 7.64. The number of fused-ring (bicyclic) bond motifs is 1. The fraction of sp³-hybridized carbons (Fsp3) is 0.194. The van der Waals surface area contributed by atoms with E-state index in [1.54, 1.807) is 45.2 Å². The summed E-state index contributed by atoms with van der Waals surface area (Å²) in [6.07, 6.45) is 1.72. The van der Waals surface area contributed by atoms with Crippen molar-refractivity contribution >= 4 is 34.8 Å². The number of nitro benzene ring substituents is 1. The molecule has 1 aliphatic heterocycles. The Hall–Kier alpha value is -5.03. The Labute approximate surface area is 244 Å². The molecule has 4 aromatic rings. The average Bonchev–Trinajstić information content (AvgIpc) is 3.31. The van der Waals surface area contributed by atoms with Crippen LogP contribution in [0.4, 0.5) is 5.69 Å². The highest BCUT2D eigenvalue weighted by molar-refractivity contribution is 7.07. The molecule has 0 spiro atoms. The van der Waals surface area contributed by atoms with Crippen molar-refractivity contribution in [1.29, 1.82) is 0 Å². The van der Waals surface area contributed by atoms with Crippen molar-refractivity contribution in [3.8, 4) is 11.5 Å². The lowest BCUT2D eigenvalue weighted by molar-refractivity contribution is -0.384. The van der Waals surface area contributed by atoms with Crippen LogP contribution in [0.1, 0.15) is 36.6 Å². The number of carbonyl (C=O) groups excluding carboxylic acids is 1. The van der Waals surface area contributed by atoms with Crippen molar-refractivity contribution in [3.63, 3.8) is 0 Å². The second-order valence-electron chi connectivity index (χ2n) is 9.32. The van der Waals surface area contributed by atoms with Gasteiger partial charge >= 0.3 is 5.97 Å². The molecule has 11 heteroatoms. The predicted molar refractivity (Wildman–Crippen MR) is 158 cm³/mol. The molecule has 0 saturated heterocycles. The Kier molecular flexibility index (Phi) is 8.30. The Morgan fingerprint density at radius 3 is 2.60 bits per heavy atom. The van der Waals surface area contributed by atoms with Crippen molar-refractivity contribution in [3.05, 3.63) is 125 Å². The van der Waals surface area contributed by atoms with E-state index >= 15 is 0 Å². The van der Waals surface area contributed by atoms with Gasteiger partial charge < -0.3 is 14.2 Å². The van der Waals surface area contributed by atoms with E-state index in [0.29, 0.717) is 44.3 Å². The van der Waals surface area contributed by atoms with E-state index in [1.807, 2.05) is 36.4 Å². The molecular formula is C31H27N3O7S. The number of thiazole rings is 1. The van der Waals surface area contributed by atoms with Crippen LogP contribution in [0.2, 0.25) is 0 Å². The molecule has 0 unspecified atom stereocenters. The van der Waals surface area contributed by atoms with Crippen LogP contribution < -0.4 is 24.4 Å². The summed E-state index contributed by atoms with van der Waals surface area (Å²) in [6.45, 7) is 3.82. The molecular weight excluding hydrogens is 558 g/mol. The van der Waals surface area contributed by atoms with Gasteiger partial charge in [-0.05, 0) is 48.7 Å². The molecule has 0 saturated carbocycles. The topological polar surface area (TPSA) is 122 Å². The molecule has 5 rings (SSSR count). The van der Waals surface area contributed by atoms with E-state index in [2.05, 4.69) is 0 Å². The van der Waals surface area contributed by atoms with E-state index in [0.717, 1.165) is 16.9 Å². The molecule has 1 aromatic heterocycles. The first-order valence-electron chi connectivity index (χ1n) is 13.1. The van der Waals surface area contributed by atoms with Crippen molar-refractivity contribution in [2.24, 2.45) is 4.99 Å². The van der Waals surface area contributed by atoms with Crippen LogP contribution in [0.3, 0.4) is 0 Å². The van der Waals surface area contributed by atoms with Gasteiger partial charge in [0, 0.05) is 17.8 Å². The first-order valence-corrected chi connectivity index (χ1v) is 13.9. The summed E-state index contributed by atoms with van der Waals surface area (Å²) in [5.74, 6) is 0.436. The van der Waals surface area contributed by atoms with Gasteiger partial charge in [-0.25, -0.2) is 9.79 Å². The standard InChI is InChI=1S/C31H27N3O7S/c1-4-40-30(36)27-19(2)33-29(35)26(42-31(33)32-28(27)22-11-8-12-23(17-22)34(37)38)16-21-13-14-24(25(15-21)39-3)41-18-20-9-6-5-7-10-20/h5-17,28H,4,18H2,1-3H3/b26-16-/t28-/m1/s1. The van der Waals surface area contributed by atoms with E-state index < -0.39 is 16.9 Å². The number of esters is 1. The maximum atomic E-state index is 13.6. The van der Waals surface area contributed by atoms with Crippen LogP contribution in [0, 0.1) is 10.1 Å². The first-order chi connectivity index (χ1) is 20.3. The molecule has 0 radical (unpaired) electrons. The monoisotopic (exact) mass is 585 g/mol. The summed E-state index contributed by atoms with van der Waals surface area (Å²) >= 11 is 1.16. The van der Waals surface area contributed by atoms with E-state index in [9.17, 15) is 19.7 Å². The fourth-order valence-corrected chi connectivity index (χ4v) is 5.69. The third-order valence-electron chi connectivity index (χ3n) is 6.66. The van der Waals surface area contributed by atoms with Crippen molar-refractivity contribution in [2.75, 3.05) is 13.7 Å². The van der Waals surface area contributed by atoms with Crippen LogP contribution in [-0.2, 0) is 16.1 Å². The highest BCUT2D eigenvalue weighted by Crippen LogP contribution is 2.34. The van der Waals surface area contributed by atoms with E-state index in [1.165, 1.54) is 22.8 Å². The van der Waals surface area contributed by atoms with Crippen molar-refractivity contribution < 1.29 is 23.9 Å². The minimum absolute atomic E-state index is 0.120. The lowest BCUT2D eigenvalue weighted by Crippen LogP contribution is -2.35. The number of hydrogen-bond acceptors (Lipinski definition) is 9. The zero-order valence-electron chi connectivity index (χ0n) is 23.1. The van der Waals surface area contributed by atoms with Gasteiger partial charge in [-0.3, -0.25) is 19.5 Å². The van der Waals surface area contributed by atoms with Crippen LogP contribution >= 0.6 is 11.3 Å². The number of allylic oxidation sites excluding steroid dienone is 1. The normalized spacial score (nSPS) is 14.6. The second kappa shape index (κ2) is 12.2. The minimum Gasteiger partial charge on any atom is -0.493 e. The summed E-state index contributed by atoms with van der Waals surface area (Å²) in [6, 6.07) is 20.2. The third kappa shape index (κ3) is 5.72. The lowest BCUT2D eigenvalue weighted by Gasteiger charge is -2.22. The van der Waals surface area contributed by atoms with E-state index in [-0.39, 0.29) is 23.4 Å². The molecule has 0 N–H and O–H groups in total. The molecule has 10 nitrogen and oxygen atoms in total. The summed E-state index contributed by atoms with van der Waals surface area (Å²) in [4.78, 5) is 42.6.